The SMILES string of the molecule is CCC1C(C)=C(C)C(C)=C(C)C1(N=C=O)N=C=O. The van der Waals surface area contributed by atoms with Gasteiger partial charge < -0.3 is 0 Å². The van der Waals surface area contributed by atoms with Crippen LogP contribution in [-0.2, 0) is 9.59 Å². The summed E-state index contributed by atoms with van der Waals surface area (Å²) >= 11 is 0. The molecule has 0 N–H and O–H groups in total. The Morgan fingerprint density at radius 3 is 1.94 bits per heavy atom. The molecular formula is C14H18N2O2. The molecule has 0 aromatic rings. The maximum atomic E-state index is 10.7. The van der Waals surface area contributed by atoms with Crippen LogP contribution < -0.4 is 0 Å². The van der Waals surface area contributed by atoms with E-state index in [1.165, 1.54) is 5.57 Å². The van der Waals surface area contributed by atoms with Crippen molar-refractivity contribution < 1.29 is 9.59 Å². The third-order valence-corrected chi connectivity index (χ3v) is 4.12. The summed E-state index contributed by atoms with van der Waals surface area (Å²) in [6.45, 7) is 9.83. The molecule has 1 unspecified atom stereocenters. The lowest BCUT2D eigenvalue weighted by Crippen LogP contribution is -2.39. The molecule has 4 heteroatoms. The van der Waals surface area contributed by atoms with Crippen LogP contribution in [0.15, 0.2) is 32.3 Å². The van der Waals surface area contributed by atoms with Crippen molar-refractivity contribution >= 4 is 12.2 Å². The number of nitrogens with zero attached hydrogens (tertiary/aromatic N) is 2. The quantitative estimate of drug-likeness (QED) is 0.567. The highest BCUT2D eigenvalue weighted by molar-refractivity contribution is 5.52. The van der Waals surface area contributed by atoms with Crippen molar-refractivity contribution in [2.45, 2.75) is 46.7 Å². The fraction of sp³-hybridized carbons (Fsp3) is 0.571. The van der Waals surface area contributed by atoms with Crippen molar-refractivity contribution in [3.63, 3.8) is 0 Å². The molecule has 0 bridgehead atoms. The molecule has 1 aliphatic carbocycles. The van der Waals surface area contributed by atoms with Crippen LogP contribution in [0.3, 0.4) is 0 Å². The van der Waals surface area contributed by atoms with Gasteiger partial charge in [0, 0.05) is 5.92 Å². The first kappa shape index (κ1) is 14.3. The number of carbonyl (C=O) groups excluding carboxylic acids is 2. The topological polar surface area (TPSA) is 58.9 Å². The minimum Gasteiger partial charge on any atom is -0.211 e. The van der Waals surface area contributed by atoms with Crippen LogP contribution >= 0.6 is 0 Å². The highest BCUT2D eigenvalue weighted by Crippen LogP contribution is 2.45. The van der Waals surface area contributed by atoms with Crippen LogP contribution in [0.25, 0.3) is 0 Å². The van der Waals surface area contributed by atoms with Crippen molar-refractivity contribution in [3.8, 4) is 0 Å². The Morgan fingerprint density at radius 1 is 1.06 bits per heavy atom. The Bertz CT molecular complexity index is 498. The van der Waals surface area contributed by atoms with Crippen LogP contribution in [0, 0.1) is 5.92 Å². The molecule has 0 fully saturated rings. The number of hydrogen-bond donors (Lipinski definition) is 0. The Kier molecular flexibility index (Phi) is 4.18. The third-order valence-electron chi connectivity index (χ3n) is 4.12. The minimum absolute atomic E-state index is 0.0934. The summed E-state index contributed by atoms with van der Waals surface area (Å²) in [6.07, 6.45) is 3.86. The van der Waals surface area contributed by atoms with Crippen molar-refractivity contribution in [1.82, 2.24) is 0 Å². The summed E-state index contributed by atoms with van der Waals surface area (Å²) < 4.78 is 0. The number of allylic oxidation sites excluding steroid dienone is 2. The first-order valence-corrected chi connectivity index (χ1v) is 6.00. The molecule has 0 aromatic heterocycles. The zero-order chi connectivity index (χ0) is 13.9. The summed E-state index contributed by atoms with van der Waals surface area (Å²) in [5, 5.41) is 0. The van der Waals surface area contributed by atoms with Gasteiger partial charge in [-0.1, -0.05) is 12.5 Å². The summed E-state index contributed by atoms with van der Waals surface area (Å²) in [5.74, 6) is -0.0934. The third kappa shape index (κ3) is 1.90. The molecule has 96 valence electrons. The summed E-state index contributed by atoms with van der Waals surface area (Å²) in [7, 11) is 0. The van der Waals surface area contributed by atoms with Crippen LogP contribution in [0.5, 0.6) is 0 Å². The number of aliphatic imine (C=N–C) groups is 2. The van der Waals surface area contributed by atoms with Crippen molar-refractivity contribution in [3.05, 3.63) is 22.3 Å². The molecule has 0 radical (unpaired) electrons. The maximum absolute atomic E-state index is 10.7. The minimum atomic E-state index is -1.15. The monoisotopic (exact) mass is 246 g/mol. The fourth-order valence-electron chi connectivity index (χ4n) is 2.76. The number of isocyanates is 2. The molecule has 1 aliphatic rings. The van der Waals surface area contributed by atoms with E-state index in [0.717, 1.165) is 23.1 Å². The van der Waals surface area contributed by atoms with E-state index in [-0.39, 0.29) is 5.92 Å². The second-order valence-corrected chi connectivity index (χ2v) is 4.65. The van der Waals surface area contributed by atoms with Crippen LogP contribution in [0.2, 0.25) is 0 Å². The van der Waals surface area contributed by atoms with Gasteiger partial charge in [0.15, 0.2) is 0 Å². The summed E-state index contributed by atoms with van der Waals surface area (Å²) in [4.78, 5) is 29.2. The second-order valence-electron chi connectivity index (χ2n) is 4.65. The first-order chi connectivity index (χ1) is 8.46. The van der Waals surface area contributed by atoms with Gasteiger partial charge in [-0.05, 0) is 50.8 Å². The molecule has 4 nitrogen and oxygen atoms in total. The van der Waals surface area contributed by atoms with Crippen LogP contribution in [0.1, 0.15) is 41.0 Å². The molecule has 0 saturated carbocycles. The van der Waals surface area contributed by atoms with E-state index < -0.39 is 5.66 Å². The number of rotatable bonds is 3. The van der Waals surface area contributed by atoms with Gasteiger partial charge in [0.05, 0.1) is 0 Å². The van der Waals surface area contributed by atoms with Gasteiger partial charge >= 0.3 is 0 Å². The van der Waals surface area contributed by atoms with Gasteiger partial charge in [0.2, 0.25) is 17.8 Å². The van der Waals surface area contributed by atoms with Gasteiger partial charge in [-0.3, -0.25) is 0 Å². The van der Waals surface area contributed by atoms with Gasteiger partial charge in [-0.15, -0.1) is 0 Å². The normalized spacial score (nSPS) is 27.7. The predicted molar refractivity (Wildman–Crippen MR) is 69.5 cm³/mol. The Morgan fingerprint density at radius 2 is 1.56 bits per heavy atom. The highest BCUT2D eigenvalue weighted by atomic mass is 16.1. The van der Waals surface area contributed by atoms with Crippen molar-refractivity contribution in [2.24, 2.45) is 15.9 Å². The van der Waals surface area contributed by atoms with Gasteiger partial charge in [0.1, 0.15) is 0 Å². The average Bonchev–Trinajstić information content (AvgIpc) is 2.35. The molecular weight excluding hydrogens is 228 g/mol. The molecule has 0 aliphatic heterocycles. The maximum Gasteiger partial charge on any atom is 0.237 e. The van der Waals surface area contributed by atoms with E-state index in [1.807, 2.05) is 34.6 Å². The van der Waals surface area contributed by atoms with Gasteiger partial charge in [-0.25, -0.2) is 9.59 Å². The zero-order valence-corrected chi connectivity index (χ0v) is 11.5. The smallest absolute Gasteiger partial charge is 0.211 e. The molecule has 1 atom stereocenters. The van der Waals surface area contributed by atoms with Gasteiger partial charge in [-0.2, -0.15) is 9.98 Å². The fourth-order valence-corrected chi connectivity index (χ4v) is 2.76. The second kappa shape index (κ2) is 5.26. The van der Waals surface area contributed by atoms with Crippen LogP contribution in [-0.4, -0.2) is 17.8 Å². The Labute approximate surface area is 107 Å². The molecule has 18 heavy (non-hydrogen) atoms. The Balaban J connectivity index is 3.68. The molecule has 0 spiro atoms. The first-order valence-electron chi connectivity index (χ1n) is 6.00. The standard InChI is InChI=1S/C14H18N2O2/c1-6-13-11(4)9(2)10(3)12(5)14(13,15-7-17)16-8-18/h13H,6H2,1-5H3. The van der Waals surface area contributed by atoms with E-state index >= 15 is 0 Å². The van der Waals surface area contributed by atoms with Crippen molar-refractivity contribution in [1.29, 1.82) is 0 Å². The molecule has 0 saturated heterocycles. The lowest BCUT2D eigenvalue weighted by atomic mass is 9.72. The van der Waals surface area contributed by atoms with Crippen LogP contribution in [0.4, 0.5) is 0 Å². The lowest BCUT2D eigenvalue weighted by molar-refractivity contribution is 0.350. The zero-order valence-electron chi connectivity index (χ0n) is 11.5. The van der Waals surface area contributed by atoms with Gasteiger partial charge in [0.25, 0.3) is 0 Å². The summed E-state index contributed by atoms with van der Waals surface area (Å²) in [5.41, 5.74) is 2.99. The van der Waals surface area contributed by atoms with E-state index in [4.69, 9.17) is 0 Å². The molecule has 0 aromatic carbocycles. The molecule has 1 rings (SSSR count). The van der Waals surface area contributed by atoms with E-state index in [1.54, 1.807) is 12.2 Å². The molecule has 0 heterocycles. The predicted octanol–water partition coefficient (Wildman–Crippen LogP) is 3.07. The van der Waals surface area contributed by atoms with E-state index in [0.29, 0.717) is 0 Å². The highest BCUT2D eigenvalue weighted by Gasteiger charge is 2.45. The largest absolute Gasteiger partial charge is 0.237 e. The van der Waals surface area contributed by atoms with E-state index in [9.17, 15) is 9.59 Å². The number of hydrogen-bond acceptors (Lipinski definition) is 4. The summed E-state index contributed by atoms with van der Waals surface area (Å²) in [6, 6.07) is 0. The Hall–Kier alpha value is -1.76. The van der Waals surface area contributed by atoms with E-state index in [2.05, 4.69) is 9.98 Å². The average molecular weight is 246 g/mol. The molecule has 0 amide bonds. The lowest BCUT2D eigenvalue weighted by Gasteiger charge is -2.38. The van der Waals surface area contributed by atoms with Crippen molar-refractivity contribution in [2.75, 3.05) is 0 Å².